The van der Waals surface area contributed by atoms with Gasteiger partial charge in [0.05, 0.1) is 24.5 Å². The van der Waals surface area contributed by atoms with Gasteiger partial charge in [0.15, 0.2) is 0 Å². The van der Waals surface area contributed by atoms with Gasteiger partial charge >= 0.3 is 5.97 Å². The summed E-state index contributed by atoms with van der Waals surface area (Å²) >= 11 is 0. The summed E-state index contributed by atoms with van der Waals surface area (Å²) in [6.07, 6.45) is 2.60. The maximum atomic E-state index is 12.2. The Morgan fingerprint density at radius 1 is 1.09 bits per heavy atom. The Morgan fingerprint density at radius 2 is 1.74 bits per heavy atom. The van der Waals surface area contributed by atoms with E-state index < -0.39 is 29.6 Å². The van der Waals surface area contributed by atoms with Gasteiger partial charge in [-0.1, -0.05) is 25.0 Å². The van der Waals surface area contributed by atoms with Crippen LogP contribution in [0.3, 0.4) is 0 Å². The van der Waals surface area contributed by atoms with Crippen LogP contribution in [0, 0.1) is 11.8 Å². The van der Waals surface area contributed by atoms with Gasteiger partial charge in [-0.05, 0) is 25.0 Å². The average Bonchev–Trinajstić information content (AvgIpc) is 2.59. The van der Waals surface area contributed by atoms with Crippen LogP contribution in [0.15, 0.2) is 24.3 Å². The van der Waals surface area contributed by atoms with E-state index in [4.69, 9.17) is 4.74 Å². The van der Waals surface area contributed by atoms with Crippen LogP contribution >= 0.6 is 0 Å². The van der Waals surface area contributed by atoms with Crippen molar-refractivity contribution in [2.75, 3.05) is 7.11 Å². The molecule has 7 nitrogen and oxygen atoms in total. The molecule has 1 aromatic rings. The van der Waals surface area contributed by atoms with Crippen LogP contribution in [0.2, 0.25) is 0 Å². The number of carbonyl (C=O) groups is 3. The minimum atomic E-state index is -0.971. The number of aliphatic carboxylic acids is 1. The van der Waals surface area contributed by atoms with E-state index in [1.807, 2.05) is 0 Å². The minimum absolute atomic E-state index is 0.286. The number of carboxylic acids is 1. The molecule has 0 radical (unpaired) electrons. The van der Waals surface area contributed by atoms with Crippen molar-refractivity contribution in [2.45, 2.75) is 25.7 Å². The molecule has 1 aliphatic rings. The lowest BCUT2D eigenvalue weighted by Gasteiger charge is -2.27. The van der Waals surface area contributed by atoms with Crippen molar-refractivity contribution in [3.8, 4) is 5.75 Å². The van der Waals surface area contributed by atoms with Crippen molar-refractivity contribution in [1.29, 1.82) is 0 Å². The van der Waals surface area contributed by atoms with Crippen LogP contribution in [0.4, 0.5) is 0 Å². The normalized spacial score (nSPS) is 20.4. The van der Waals surface area contributed by atoms with E-state index in [2.05, 4.69) is 10.9 Å². The third-order valence-electron chi connectivity index (χ3n) is 4.07. The number of hydrogen-bond donors (Lipinski definition) is 3. The molecular formula is C16H20N2O5. The number of amides is 2. The van der Waals surface area contributed by atoms with E-state index in [9.17, 15) is 19.5 Å². The smallest absolute Gasteiger partial charge is 0.307 e. The molecule has 1 aliphatic carbocycles. The van der Waals surface area contributed by atoms with E-state index in [0.29, 0.717) is 18.6 Å². The Bertz CT molecular complexity index is 602. The fourth-order valence-electron chi connectivity index (χ4n) is 2.85. The van der Waals surface area contributed by atoms with Crippen molar-refractivity contribution < 1.29 is 24.2 Å². The van der Waals surface area contributed by atoms with Gasteiger partial charge in [-0.15, -0.1) is 0 Å². The van der Waals surface area contributed by atoms with Gasteiger partial charge < -0.3 is 9.84 Å². The molecule has 0 saturated heterocycles. The quantitative estimate of drug-likeness (QED) is 0.726. The SMILES string of the molecule is COc1ccccc1C(=O)NNC(=O)C1CCCCC1C(=O)O. The van der Waals surface area contributed by atoms with E-state index in [0.717, 1.165) is 12.8 Å². The molecule has 0 bridgehead atoms. The van der Waals surface area contributed by atoms with Crippen molar-refractivity contribution in [2.24, 2.45) is 11.8 Å². The zero-order valence-electron chi connectivity index (χ0n) is 12.9. The summed E-state index contributed by atoms with van der Waals surface area (Å²) in [5.74, 6) is -2.90. The molecular weight excluding hydrogens is 300 g/mol. The molecule has 0 aliphatic heterocycles. The fraction of sp³-hybridized carbons (Fsp3) is 0.438. The average molecular weight is 320 g/mol. The van der Waals surface area contributed by atoms with Crippen molar-refractivity contribution in [1.82, 2.24) is 10.9 Å². The monoisotopic (exact) mass is 320 g/mol. The number of rotatable bonds is 4. The lowest BCUT2D eigenvalue weighted by Crippen LogP contribution is -2.47. The van der Waals surface area contributed by atoms with Crippen molar-refractivity contribution in [3.05, 3.63) is 29.8 Å². The highest BCUT2D eigenvalue weighted by atomic mass is 16.5. The maximum absolute atomic E-state index is 12.2. The van der Waals surface area contributed by atoms with Crippen LogP contribution in [0.25, 0.3) is 0 Å². The van der Waals surface area contributed by atoms with E-state index in [-0.39, 0.29) is 5.56 Å². The predicted molar refractivity (Wildman–Crippen MR) is 81.7 cm³/mol. The molecule has 2 atom stereocenters. The topological polar surface area (TPSA) is 105 Å². The number of benzene rings is 1. The summed E-state index contributed by atoms with van der Waals surface area (Å²) in [5, 5.41) is 9.20. The second-order valence-corrected chi connectivity index (χ2v) is 5.48. The highest BCUT2D eigenvalue weighted by molar-refractivity contribution is 5.98. The van der Waals surface area contributed by atoms with Crippen LogP contribution in [-0.2, 0) is 9.59 Å². The molecule has 1 aromatic carbocycles. The molecule has 0 aromatic heterocycles. The van der Waals surface area contributed by atoms with Gasteiger partial charge in [-0.3, -0.25) is 25.2 Å². The van der Waals surface area contributed by atoms with Gasteiger partial charge in [-0.25, -0.2) is 0 Å². The molecule has 3 N–H and O–H groups in total. The second kappa shape index (κ2) is 7.62. The molecule has 2 amide bonds. The molecule has 2 rings (SSSR count). The number of hydrazine groups is 1. The second-order valence-electron chi connectivity index (χ2n) is 5.48. The molecule has 1 fully saturated rings. The van der Waals surface area contributed by atoms with Gasteiger partial charge in [-0.2, -0.15) is 0 Å². The number of methoxy groups -OCH3 is 1. The van der Waals surface area contributed by atoms with E-state index in [1.54, 1.807) is 24.3 Å². The predicted octanol–water partition coefficient (Wildman–Crippen LogP) is 1.35. The summed E-state index contributed by atoms with van der Waals surface area (Å²) in [7, 11) is 1.45. The minimum Gasteiger partial charge on any atom is -0.496 e. The number of carboxylic acid groups (broad SMARTS) is 1. The van der Waals surface area contributed by atoms with Gasteiger partial charge in [0.25, 0.3) is 5.91 Å². The first-order chi connectivity index (χ1) is 11.0. The number of ether oxygens (including phenoxy) is 1. The highest BCUT2D eigenvalue weighted by Gasteiger charge is 2.35. The molecule has 0 spiro atoms. The number of nitrogens with one attached hydrogen (secondary N) is 2. The maximum Gasteiger partial charge on any atom is 0.307 e. The highest BCUT2D eigenvalue weighted by Crippen LogP contribution is 2.30. The van der Waals surface area contributed by atoms with Crippen molar-refractivity contribution in [3.63, 3.8) is 0 Å². The first-order valence-electron chi connectivity index (χ1n) is 7.50. The van der Waals surface area contributed by atoms with Gasteiger partial charge in [0.2, 0.25) is 5.91 Å². The molecule has 2 unspecified atom stereocenters. The Hall–Kier alpha value is -2.57. The van der Waals surface area contributed by atoms with Crippen LogP contribution in [-0.4, -0.2) is 30.0 Å². The van der Waals surface area contributed by atoms with Crippen molar-refractivity contribution >= 4 is 17.8 Å². The first-order valence-corrected chi connectivity index (χ1v) is 7.50. The lowest BCUT2D eigenvalue weighted by molar-refractivity contribution is -0.149. The van der Waals surface area contributed by atoms with E-state index in [1.165, 1.54) is 7.11 Å². The number of hydrogen-bond acceptors (Lipinski definition) is 4. The van der Waals surface area contributed by atoms with Gasteiger partial charge in [0.1, 0.15) is 5.75 Å². The largest absolute Gasteiger partial charge is 0.496 e. The number of carbonyl (C=O) groups excluding carboxylic acids is 2. The third-order valence-corrected chi connectivity index (χ3v) is 4.07. The lowest BCUT2D eigenvalue weighted by atomic mass is 9.79. The van der Waals surface area contributed by atoms with Crippen LogP contribution in [0.5, 0.6) is 5.75 Å². The molecule has 7 heteroatoms. The van der Waals surface area contributed by atoms with Gasteiger partial charge in [0, 0.05) is 0 Å². The zero-order chi connectivity index (χ0) is 16.8. The fourth-order valence-corrected chi connectivity index (χ4v) is 2.85. The molecule has 1 saturated carbocycles. The van der Waals surface area contributed by atoms with Crippen LogP contribution in [0.1, 0.15) is 36.0 Å². The molecule has 23 heavy (non-hydrogen) atoms. The first kappa shape index (κ1) is 16.8. The summed E-state index contributed by atoms with van der Waals surface area (Å²) in [6, 6.07) is 6.62. The summed E-state index contributed by atoms with van der Waals surface area (Å²) in [6.45, 7) is 0. The zero-order valence-corrected chi connectivity index (χ0v) is 12.9. The Balaban J connectivity index is 1.98. The summed E-state index contributed by atoms with van der Waals surface area (Å²) in [5.41, 5.74) is 4.93. The summed E-state index contributed by atoms with van der Waals surface area (Å²) in [4.78, 5) is 35.5. The number of para-hydroxylation sites is 1. The summed E-state index contributed by atoms with van der Waals surface area (Å²) < 4.78 is 5.09. The molecule has 0 heterocycles. The Labute approximate surface area is 134 Å². The third kappa shape index (κ3) is 4.00. The van der Waals surface area contributed by atoms with Crippen LogP contribution < -0.4 is 15.6 Å². The van der Waals surface area contributed by atoms with E-state index >= 15 is 0 Å². The standard InChI is InChI=1S/C16H20N2O5/c1-23-13-9-5-4-8-12(13)15(20)18-17-14(19)10-6-2-3-7-11(10)16(21)22/h4-5,8-11H,2-3,6-7H2,1H3,(H,17,19)(H,18,20)(H,21,22). The molecule has 124 valence electrons. The Morgan fingerprint density at radius 3 is 2.39 bits per heavy atom. The Kier molecular flexibility index (Phi) is 5.56.